The van der Waals surface area contributed by atoms with Crippen LogP contribution in [0.2, 0.25) is 5.15 Å². The van der Waals surface area contributed by atoms with Crippen molar-refractivity contribution in [2.75, 3.05) is 11.4 Å². The van der Waals surface area contributed by atoms with E-state index in [-0.39, 0.29) is 0 Å². The lowest BCUT2D eigenvalue weighted by atomic mass is 10.2. The predicted molar refractivity (Wildman–Crippen MR) is 72.6 cm³/mol. The van der Waals surface area contributed by atoms with Crippen molar-refractivity contribution in [1.82, 2.24) is 15.0 Å². The molecular weight excluding hydrogens is 262 g/mol. The van der Waals surface area contributed by atoms with Crippen molar-refractivity contribution < 1.29 is 0 Å². The van der Waals surface area contributed by atoms with Crippen molar-refractivity contribution in [3.05, 3.63) is 47.6 Å². The number of rotatable bonds is 5. The van der Waals surface area contributed by atoms with E-state index in [1.165, 1.54) is 6.33 Å². The fraction of sp³-hybridized carbons (Fsp3) is 0.231. The molecule has 2 aromatic heterocycles. The Morgan fingerprint density at radius 1 is 1.37 bits per heavy atom. The van der Waals surface area contributed by atoms with Gasteiger partial charge in [-0.15, -0.1) is 0 Å². The second-order valence-electron chi connectivity index (χ2n) is 3.89. The zero-order valence-electron chi connectivity index (χ0n) is 10.2. The third-order valence-electron chi connectivity index (χ3n) is 2.53. The van der Waals surface area contributed by atoms with Gasteiger partial charge in [0.05, 0.1) is 12.5 Å². The van der Waals surface area contributed by atoms with Crippen LogP contribution in [0.1, 0.15) is 12.0 Å². The highest BCUT2D eigenvalue weighted by molar-refractivity contribution is 6.29. The third-order valence-corrected chi connectivity index (χ3v) is 2.74. The third kappa shape index (κ3) is 3.90. The minimum absolute atomic E-state index is 0.387. The van der Waals surface area contributed by atoms with Gasteiger partial charge >= 0.3 is 0 Å². The van der Waals surface area contributed by atoms with Crippen molar-refractivity contribution in [2.45, 2.75) is 13.0 Å². The lowest BCUT2D eigenvalue weighted by Gasteiger charge is -2.22. The number of anilines is 1. The molecule has 5 nitrogen and oxygen atoms in total. The average molecular weight is 274 g/mol. The molecule has 2 aromatic rings. The van der Waals surface area contributed by atoms with Crippen LogP contribution in [-0.2, 0) is 6.54 Å². The minimum atomic E-state index is 0.387. The molecule has 0 aliphatic heterocycles. The summed E-state index contributed by atoms with van der Waals surface area (Å²) < 4.78 is 0. The average Bonchev–Trinajstić information content (AvgIpc) is 2.44. The van der Waals surface area contributed by atoms with E-state index in [1.54, 1.807) is 18.5 Å². The zero-order valence-corrected chi connectivity index (χ0v) is 11.0. The Bertz CT molecular complexity index is 567. The van der Waals surface area contributed by atoms with Crippen LogP contribution >= 0.6 is 11.6 Å². The zero-order chi connectivity index (χ0) is 13.5. The molecule has 0 atom stereocenters. The summed E-state index contributed by atoms with van der Waals surface area (Å²) in [5, 5.41) is 9.12. The van der Waals surface area contributed by atoms with E-state index < -0.39 is 0 Å². The van der Waals surface area contributed by atoms with Gasteiger partial charge in [0.2, 0.25) is 0 Å². The molecule has 6 heteroatoms. The Kier molecular flexibility index (Phi) is 4.65. The van der Waals surface area contributed by atoms with Gasteiger partial charge in [0, 0.05) is 31.5 Å². The van der Waals surface area contributed by atoms with E-state index in [0.717, 1.165) is 5.56 Å². The summed E-state index contributed by atoms with van der Waals surface area (Å²) in [6.45, 7) is 1.21. The van der Waals surface area contributed by atoms with Crippen LogP contribution in [0.25, 0.3) is 0 Å². The normalized spacial score (nSPS) is 9.89. The van der Waals surface area contributed by atoms with E-state index >= 15 is 0 Å². The topological polar surface area (TPSA) is 65.7 Å². The van der Waals surface area contributed by atoms with Crippen LogP contribution in [-0.4, -0.2) is 21.5 Å². The monoisotopic (exact) mass is 273 g/mol. The standard InChI is InChI=1S/C13H12ClN5/c14-12-7-13(18-10-17-12)19(6-2-4-15)9-11-3-1-5-16-8-11/h1,3,5,7-8,10H,2,6,9H2. The van der Waals surface area contributed by atoms with Gasteiger partial charge in [0.1, 0.15) is 17.3 Å². The second kappa shape index (κ2) is 6.66. The molecule has 0 spiro atoms. The first-order valence-corrected chi connectivity index (χ1v) is 6.16. The van der Waals surface area contributed by atoms with Crippen molar-refractivity contribution >= 4 is 17.4 Å². The minimum Gasteiger partial charge on any atom is -0.351 e. The predicted octanol–water partition coefficient (Wildman–Crippen LogP) is 2.45. The summed E-state index contributed by atoms with van der Waals surface area (Å²) in [6, 6.07) is 7.69. The summed E-state index contributed by atoms with van der Waals surface area (Å²) in [4.78, 5) is 14.1. The molecule has 19 heavy (non-hydrogen) atoms. The van der Waals surface area contributed by atoms with Gasteiger partial charge < -0.3 is 4.90 Å². The van der Waals surface area contributed by atoms with Crippen molar-refractivity contribution in [1.29, 1.82) is 5.26 Å². The summed E-state index contributed by atoms with van der Waals surface area (Å²) >= 11 is 5.87. The molecule has 0 bridgehead atoms. The van der Waals surface area contributed by atoms with Gasteiger partial charge in [0.25, 0.3) is 0 Å². The number of nitrogens with zero attached hydrogens (tertiary/aromatic N) is 5. The Hall–Kier alpha value is -2.19. The Labute approximate surface area is 116 Å². The molecule has 0 radical (unpaired) electrons. The van der Waals surface area contributed by atoms with Gasteiger partial charge in [-0.2, -0.15) is 5.26 Å². The number of nitriles is 1. The van der Waals surface area contributed by atoms with Crippen LogP contribution in [0, 0.1) is 11.3 Å². The van der Waals surface area contributed by atoms with Crippen LogP contribution in [0.15, 0.2) is 36.9 Å². The van der Waals surface area contributed by atoms with E-state index in [4.69, 9.17) is 16.9 Å². The number of hydrogen-bond donors (Lipinski definition) is 0. The Morgan fingerprint density at radius 2 is 2.26 bits per heavy atom. The second-order valence-corrected chi connectivity index (χ2v) is 4.28. The van der Waals surface area contributed by atoms with E-state index in [1.807, 2.05) is 17.0 Å². The number of pyridine rings is 1. The lowest BCUT2D eigenvalue weighted by Crippen LogP contribution is -2.24. The highest BCUT2D eigenvalue weighted by atomic mass is 35.5. The van der Waals surface area contributed by atoms with Gasteiger partial charge in [-0.05, 0) is 11.6 Å². The summed E-state index contributed by atoms with van der Waals surface area (Å²) in [7, 11) is 0. The highest BCUT2D eigenvalue weighted by Crippen LogP contribution is 2.17. The van der Waals surface area contributed by atoms with Gasteiger partial charge in [0.15, 0.2) is 0 Å². The van der Waals surface area contributed by atoms with E-state index in [0.29, 0.717) is 30.5 Å². The van der Waals surface area contributed by atoms with Gasteiger partial charge in [-0.1, -0.05) is 17.7 Å². The molecule has 0 aliphatic rings. The largest absolute Gasteiger partial charge is 0.351 e. The molecular formula is C13H12ClN5. The molecule has 0 saturated heterocycles. The smallest absolute Gasteiger partial charge is 0.134 e. The fourth-order valence-electron chi connectivity index (χ4n) is 1.67. The van der Waals surface area contributed by atoms with Crippen LogP contribution in [0.4, 0.5) is 5.82 Å². The maximum Gasteiger partial charge on any atom is 0.134 e. The quantitative estimate of drug-likeness (QED) is 0.783. The highest BCUT2D eigenvalue weighted by Gasteiger charge is 2.09. The molecule has 0 amide bonds. The van der Waals surface area contributed by atoms with Gasteiger partial charge in [-0.3, -0.25) is 4.98 Å². The summed E-state index contributed by atoms with van der Waals surface area (Å²) in [5.41, 5.74) is 1.05. The lowest BCUT2D eigenvalue weighted by molar-refractivity contribution is 0.777. The molecule has 96 valence electrons. The van der Waals surface area contributed by atoms with E-state index in [2.05, 4.69) is 21.0 Å². The van der Waals surface area contributed by atoms with Gasteiger partial charge in [-0.25, -0.2) is 9.97 Å². The fourth-order valence-corrected chi connectivity index (χ4v) is 1.81. The number of hydrogen-bond acceptors (Lipinski definition) is 5. The maximum atomic E-state index is 8.73. The first-order valence-electron chi connectivity index (χ1n) is 5.78. The first kappa shape index (κ1) is 13.2. The molecule has 0 saturated carbocycles. The van der Waals surface area contributed by atoms with Crippen molar-refractivity contribution in [3.8, 4) is 6.07 Å². The molecule has 0 aromatic carbocycles. The Balaban J connectivity index is 2.19. The molecule has 0 unspecified atom stereocenters. The van der Waals surface area contributed by atoms with Crippen molar-refractivity contribution in [3.63, 3.8) is 0 Å². The SMILES string of the molecule is N#CCCN(Cc1cccnc1)c1cc(Cl)ncn1. The molecule has 2 rings (SSSR count). The summed E-state index contributed by atoms with van der Waals surface area (Å²) in [6.07, 6.45) is 5.36. The summed E-state index contributed by atoms with van der Waals surface area (Å²) in [5.74, 6) is 0.708. The first-order chi connectivity index (χ1) is 9.29. The Morgan fingerprint density at radius 3 is 2.95 bits per heavy atom. The number of aromatic nitrogens is 3. The number of halogens is 1. The molecule has 2 heterocycles. The van der Waals surface area contributed by atoms with Crippen LogP contribution < -0.4 is 4.90 Å². The van der Waals surface area contributed by atoms with Crippen LogP contribution in [0.3, 0.4) is 0 Å². The van der Waals surface area contributed by atoms with Crippen LogP contribution in [0.5, 0.6) is 0 Å². The molecule has 0 aliphatic carbocycles. The van der Waals surface area contributed by atoms with E-state index in [9.17, 15) is 0 Å². The van der Waals surface area contributed by atoms with Crippen molar-refractivity contribution in [2.24, 2.45) is 0 Å². The molecule has 0 N–H and O–H groups in total. The maximum absolute atomic E-state index is 8.73. The molecule has 0 fully saturated rings.